The first-order chi connectivity index (χ1) is 8.19. The lowest BCUT2D eigenvalue weighted by Gasteiger charge is -2.06. The Balaban J connectivity index is 2.04. The van der Waals surface area contributed by atoms with Crippen molar-refractivity contribution >= 4 is 0 Å². The van der Waals surface area contributed by atoms with Crippen molar-refractivity contribution in [3.8, 4) is 5.75 Å². The molecule has 0 aliphatic carbocycles. The number of hydrogen-bond acceptors (Lipinski definition) is 2. The summed E-state index contributed by atoms with van der Waals surface area (Å²) in [6.07, 6.45) is 0.957. The average Bonchev–Trinajstić information content (AvgIpc) is 2.68. The molecule has 0 atom stereocenters. The van der Waals surface area contributed by atoms with Gasteiger partial charge in [0.2, 0.25) is 0 Å². The Hall–Kier alpha value is -1.77. The van der Waals surface area contributed by atoms with E-state index in [0.29, 0.717) is 6.61 Å². The van der Waals surface area contributed by atoms with E-state index in [4.69, 9.17) is 4.74 Å². The zero-order valence-corrected chi connectivity index (χ0v) is 10.6. The van der Waals surface area contributed by atoms with Crippen LogP contribution in [0.1, 0.15) is 23.9 Å². The molecule has 0 amide bonds. The molecule has 1 heterocycles. The second kappa shape index (κ2) is 5.04. The van der Waals surface area contributed by atoms with E-state index in [1.165, 1.54) is 5.56 Å². The fourth-order valence-electron chi connectivity index (χ4n) is 1.74. The molecule has 0 aliphatic heterocycles. The molecule has 90 valence electrons. The Bertz CT molecular complexity index is 503. The molecule has 17 heavy (non-hydrogen) atoms. The number of benzene rings is 1. The highest BCUT2D eigenvalue weighted by molar-refractivity contribution is 5.27. The molecule has 2 aromatic rings. The largest absolute Gasteiger partial charge is 0.487 e. The van der Waals surface area contributed by atoms with Crippen LogP contribution < -0.4 is 4.74 Å². The average molecular weight is 230 g/mol. The van der Waals surface area contributed by atoms with E-state index in [2.05, 4.69) is 31.1 Å². The van der Waals surface area contributed by atoms with Gasteiger partial charge in [0.15, 0.2) is 0 Å². The minimum Gasteiger partial charge on any atom is -0.487 e. The van der Waals surface area contributed by atoms with Crippen LogP contribution in [0.25, 0.3) is 0 Å². The van der Waals surface area contributed by atoms with Crippen LogP contribution in [0.5, 0.6) is 5.75 Å². The van der Waals surface area contributed by atoms with Crippen LogP contribution in [-0.2, 0) is 20.1 Å². The number of hydrogen-bond donors (Lipinski definition) is 0. The predicted molar refractivity (Wildman–Crippen MR) is 68.1 cm³/mol. The van der Waals surface area contributed by atoms with Crippen molar-refractivity contribution < 1.29 is 4.74 Å². The lowest BCUT2D eigenvalue weighted by Crippen LogP contribution is -2.03. The molecule has 1 aromatic carbocycles. The third-order valence-electron chi connectivity index (χ3n) is 2.77. The highest BCUT2D eigenvalue weighted by atomic mass is 16.5. The van der Waals surface area contributed by atoms with Crippen molar-refractivity contribution in [2.45, 2.75) is 26.9 Å². The molecule has 0 saturated heterocycles. The van der Waals surface area contributed by atoms with Gasteiger partial charge in [-0.2, -0.15) is 5.10 Å². The summed E-state index contributed by atoms with van der Waals surface area (Å²) in [5.74, 6) is 0.907. The second-order valence-electron chi connectivity index (χ2n) is 4.21. The summed E-state index contributed by atoms with van der Waals surface area (Å²) in [7, 11) is 1.95. The highest BCUT2D eigenvalue weighted by Gasteiger charge is 2.04. The molecule has 1 aromatic heterocycles. The van der Waals surface area contributed by atoms with Crippen molar-refractivity contribution in [1.29, 1.82) is 0 Å². The lowest BCUT2D eigenvalue weighted by molar-refractivity contribution is 0.294. The van der Waals surface area contributed by atoms with E-state index in [1.807, 2.05) is 29.9 Å². The molecule has 0 radical (unpaired) electrons. The zero-order valence-electron chi connectivity index (χ0n) is 10.6. The normalized spacial score (nSPS) is 10.5. The zero-order chi connectivity index (χ0) is 12.3. The van der Waals surface area contributed by atoms with Gasteiger partial charge in [-0.05, 0) is 37.1 Å². The van der Waals surface area contributed by atoms with Gasteiger partial charge in [0, 0.05) is 7.05 Å². The van der Waals surface area contributed by atoms with E-state index < -0.39 is 0 Å². The van der Waals surface area contributed by atoms with Crippen LogP contribution in [0.4, 0.5) is 0 Å². The standard InChI is InChI=1S/C14H18N2O/c1-4-12-9-13(16(3)15-12)10-17-14-7-5-6-11(2)8-14/h5-9H,4,10H2,1-3H3. The molecule has 0 bridgehead atoms. The lowest BCUT2D eigenvalue weighted by atomic mass is 10.2. The summed E-state index contributed by atoms with van der Waals surface area (Å²) in [4.78, 5) is 0. The summed E-state index contributed by atoms with van der Waals surface area (Å²) in [6, 6.07) is 10.2. The first-order valence-corrected chi connectivity index (χ1v) is 5.90. The first-order valence-electron chi connectivity index (χ1n) is 5.90. The van der Waals surface area contributed by atoms with Crippen molar-refractivity contribution in [1.82, 2.24) is 9.78 Å². The number of aryl methyl sites for hydroxylation is 3. The van der Waals surface area contributed by atoms with Crippen LogP contribution in [0, 0.1) is 6.92 Å². The third-order valence-corrected chi connectivity index (χ3v) is 2.77. The van der Waals surface area contributed by atoms with Crippen molar-refractivity contribution in [3.63, 3.8) is 0 Å². The summed E-state index contributed by atoms with van der Waals surface area (Å²) < 4.78 is 7.63. The summed E-state index contributed by atoms with van der Waals surface area (Å²) in [5, 5.41) is 4.40. The Labute approximate surface area is 102 Å². The Morgan fingerprint density at radius 3 is 2.76 bits per heavy atom. The smallest absolute Gasteiger partial charge is 0.130 e. The molecular formula is C14H18N2O. The molecule has 0 fully saturated rings. The molecule has 2 rings (SSSR count). The van der Waals surface area contributed by atoms with Gasteiger partial charge < -0.3 is 4.74 Å². The van der Waals surface area contributed by atoms with Gasteiger partial charge in [0.05, 0.1) is 11.4 Å². The van der Waals surface area contributed by atoms with Crippen molar-refractivity contribution in [2.75, 3.05) is 0 Å². The van der Waals surface area contributed by atoms with Gasteiger partial charge in [-0.3, -0.25) is 4.68 Å². The maximum absolute atomic E-state index is 5.75. The summed E-state index contributed by atoms with van der Waals surface area (Å²) in [6.45, 7) is 4.73. The Kier molecular flexibility index (Phi) is 3.47. The Morgan fingerprint density at radius 2 is 2.12 bits per heavy atom. The molecular weight excluding hydrogens is 212 g/mol. The summed E-state index contributed by atoms with van der Waals surface area (Å²) >= 11 is 0. The van der Waals surface area contributed by atoms with Crippen LogP contribution in [0.2, 0.25) is 0 Å². The highest BCUT2D eigenvalue weighted by Crippen LogP contribution is 2.14. The van der Waals surface area contributed by atoms with Crippen LogP contribution >= 0.6 is 0 Å². The van der Waals surface area contributed by atoms with E-state index in [9.17, 15) is 0 Å². The monoisotopic (exact) mass is 230 g/mol. The number of aromatic nitrogens is 2. The Morgan fingerprint density at radius 1 is 1.29 bits per heavy atom. The first kappa shape index (κ1) is 11.7. The summed E-state index contributed by atoms with van der Waals surface area (Å²) in [5.41, 5.74) is 3.42. The van der Waals surface area contributed by atoms with Crippen molar-refractivity contribution in [2.24, 2.45) is 7.05 Å². The topological polar surface area (TPSA) is 27.1 Å². The number of rotatable bonds is 4. The maximum Gasteiger partial charge on any atom is 0.130 e. The molecule has 0 aliphatic rings. The van der Waals surface area contributed by atoms with Crippen molar-refractivity contribution in [3.05, 3.63) is 47.3 Å². The van der Waals surface area contributed by atoms with E-state index in [0.717, 1.165) is 23.6 Å². The minimum atomic E-state index is 0.562. The molecule has 0 unspecified atom stereocenters. The molecule has 0 saturated carbocycles. The van der Waals surface area contributed by atoms with Gasteiger partial charge in [-0.25, -0.2) is 0 Å². The molecule has 3 nitrogen and oxygen atoms in total. The van der Waals surface area contributed by atoms with Gasteiger partial charge in [-0.1, -0.05) is 19.1 Å². The van der Waals surface area contributed by atoms with Gasteiger partial charge >= 0.3 is 0 Å². The predicted octanol–water partition coefficient (Wildman–Crippen LogP) is 2.87. The minimum absolute atomic E-state index is 0.562. The fraction of sp³-hybridized carbons (Fsp3) is 0.357. The number of nitrogens with zero attached hydrogens (tertiary/aromatic N) is 2. The van der Waals surface area contributed by atoms with E-state index >= 15 is 0 Å². The van der Waals surface area contributed by atoms with Gasteiger partial charge in [-0.15, -0.1) is 0 Å². The van der Waals surface area contributed by atoms with Crippen LogP contribution in [-0.4, -0.2) is 9.78 Å². The van der Waals surface area contributed by atoms with Crippen LogP contribution in [0.3, 0.4) is 0 Å². The van der Waals surface area contributed by atoms with Gasteiger partial charge in [0.25, 0.3) is 0 Å². The second-order valence-corrected chi connectivity index (χ2v) is 4.21. The molecule has 0 N–H and O–H groups in total. The SMILES string of the molecule is CCc1cc(COc2cccc(C)c2)n(C)n1. The van der Waals surface area contributed by atoms with E-state index in [1.54, 1.807) is 0 Å². The van der Waals surface area contributed by atoms with Gasteiger partial charge in [0.1, 0.15) is 12.4 Å². The fourth-order valence-corrected chi connectivity index (χ4v) is 1.74. The number of ether oxygens (including phenoxy) is 1. The molecule has 3 heteroatoms. The third kappa shape index (κ3) is 2.87. The maximum atomic E-state index is 5.75. The van der Waals surface area contributed by atoms with E-state index in [-0.39, 0.29) is 0 Å². The van der Waals surface area contributed by atoms with Crippen LogP contribution in [0.15, 0.2) is 30.3 Å². The quantitative estimate of drug-likeness (QED) is 0.807. The molecule has 0 spiro atoms.